The van der Waals surface area contributed by atoms with Crippen LogP contribution in [0.1, 0.15) is 35.8 Å². The molecule has 1 unspecified atom stereocenters. The van der Waals surface area contributed by atoms with Crippen LogP contribution in [0.4, 0.5) is 5.82 Å². The second-order valence-electron chi connectivity index (χ2n) is 6.27. The topological polar surface area (TPSA) is 58.1 Å². The van der Waals surface area contributed by atoms with Gasteiger partial charge in [0, 0.05) is 24.7 Å². The van der Waals surface area contributed by atoms with Crippen molar-refractivity contribution in [3.63, 3.8) is 0 Å². The van der Waals surface area contributed by atoms with Gasteiger partial charge in [0.25, 0.3) is 5.91 Å². The zero-order chi connectivity index (χ0) is 16.9. The average molecular weight is 345 g/mol. The lowest BCUT2D eigenvalue weighted by atomic mass is 10.0. The maximum absolute atomic E-state index is 12.5. The Morgan fingerprint density at radius 3 is 2.75 bits per heavy atom. The van der Waals surface area contributed by atoms with Crippen LogP contribution in [0.3, 0.4) is 0 Å². The second-order valence-corrected chi connectivity index (χ2v) is 6.70. The normalized spacial score (nSPS) is 17.6. The summed E-state index contributed by atoms with van der Waals surface area (Å²) < 4.78 is 0. The number of likely N-dealkylation sites (tertiary alicyclic amines) is 1. The predicted molar refractivity (Wildman–Crippen MR) is 95.1 cm³/mol. The van der Waals surface area contributed by atoms with Gasteiger partial charge in [-0.25, -0.2) is 9.97 Å². The summed E-state index contributed by atoms with van der Waals surface area (Å²) in [5.74, 6) is 1.17. The highest BCUT2D eigenvalue weighted by molar-refractivity contribution is 6.30. The Morgan fingerprint density at radius 1 is 1.29 bits per heavy atom. The molecule has 0 aliphatic carbocycles. The minimum absolute atomic E-state index is 0.0294. The predicted octanol–water partition coefficient (Wildman–Crippen LogP) is 3.61. The van der Waals surface area contributed by atoms with Gasteiger partial charge in [-0.1, -0.05) is 30.7 Å². The molecule has 1 aliphatic rings. The summed E-state index contributed by atoms with van der Waals surface area (Å²) in [5.41, 5.74) is 1.50. The number of carbonyl (C=O) groups is 1. The third kappa shape index (κ3) is 4.23. The van der Waals surface area contributed by atoms with Crippen molar-refractivity contribution in [3.05, 3.63) is 52.9 Å². The molecule has 5 nitrogen and oxygen atoms in total. The summed E-state index contributed by atoms with van der Waals surface area (Å²) in [6, 6.07) is 7.62. The number of rotatable bonds is 4. The Hall–Kier alpha value is -2.14. The summed E-state index contributed by atoms with van der Waals surface area (Å²) in [6.45, 7) is 4.41. The van der Waals surface area contributed by atoms with Crippen molar-refractivity contribution < 1.29 is 4.79 Å². The van der Waals surface area contributed by atoms with E-state index in [-0.39, 0.29) is 5.91 Å². The smallest absolute Gasteiger partial charge is 0.274 e. The number of aromatic nitrogens is 2. The van der Waals surface area contributed by atoms with Gasteiger partial charge in [-0.05, 0) is 36.5 Å². The lowest BCUT2D eigenvalue weighted by molar-refractivity contribution is 0.0676. The number of benzene rings is 1. The summed E-state index contributed by atoms with van der Waals surface area (Å²) in [4.78, 5) is 22.9. The van der Waals surface area contributed by atoms with Crippen LogP contribution >= 0.6 is 11.6 Å². The highest BCUT2D eigenvalue weighted by Crippen LogP contribution is 2.17. The van der Waals surface area contributed by atoms with Crippen LogP contribution in [0.25, 0.3) is 0 Å². The molecule has 1 aliphatic heterocycles. The number of hydrogen-bond acceptors (Lipinski definition) is 4. The van der Waals surface area contributed by atoms with Gasteiger partial charge in [-0.15, -0.1) is 0 Å². The van der Waals surface area contributed by atoms with Gasteiger partial charge in [0.2, 0.25) is 0 Å². The minimum Gasteiger partial charge on any atom is -0.365 e. The Balaban J connectivity index is 1.58. The van der Waals surface area contributed by atoms with Gasteiger partial charge in [0.05, 0.1) is 12.4 Å². The third-order valence-corrected chi connectivity index (χ3v) is 4.45. The van der Waals surface area contributed by atoms with Gasteiger partial charge < -0.3 is 10.2 Å². The van der Waals surface area contributed by atoms with E-state index >= 15 is 0 Å². The molecule has 1 amide bonds. The van der Waals surface area contributed by atoms with Crippen molar-refractivity contribution in [1.29, 1.82) is 0 Å². The molecule has 1 aromatic heterocycles. The highest BCUT2D eigenvalue weighted by Gasteiger charge is 2.23. The van der Waals surface area contributed by atoms with Crippen LogP contribution in [0.2, 0.25) is 5.02 Å². The molecule has 3 rings (SSSR count). The molecule has 2 heterocycles. The van der Waals surface area contributed by atoms with E-state index in [1.165, 1.54) is 6.42 Å². The Bertz CT molecular complexity index is 687. The van der Waals surface area contributed by atoms with Crippen molar-refractivity contribution in [2.45, 2.75) is 26.3 Å². The van der Waals surface area contributed by atoms with Crippen molar-refractivity contribution in [2.24, 2.45) is 5.92 Å². The van der Waals surface area contributed by atoms with Crippen LogP contribution in [0, 0.1) is 5.92 Å². The van der Waals surface area contributed by atoms with Crippen LogP contribution < -0.4 is 5.32 Å². The molecule has 126 valence electrons. The molecular weight excluding hydrogens is 324 g/mol. The standard InChI is InChI=1S/C18H21ClN4O/c1-13-3-2-8-23(12-13)18(24)16-10-22-17(11-20-16)21-9-14-4-6-15(19)7-5-14/h4-7,10-11,13H,2-3,8-9,12H2,1H3,(H,21,22). The molecule has 0 spiro atoms. The fraction of sp³-hybridized carbons (Fsp3) is 0.389. The molecule has 0 bridgehead atoms. The molecule has 6 heteroatoms. The number of anilines is 1. The van der Waals surface area contributed by atoms with E-state index in [2.05, 4.69) is 22.2 Å². The Kier molecular flexibility index (Phi) is 5.30. The number of halogens is 1. The van der Waals surface area contributed by atoms with Gasteiger partial charge in [-0.3, -0.25) is 4.79 Å². The quantitative estimate of drug-likeness (QED) is 0.920. The summed E-state index contributed by atoms with van der Waals surface area (Å²) in [5, 5.41) is 3.91. The first-order chi connectivity index (χ1) is 11.6. The first-order valence-corrected chi connectivity index (χ1v) is 8.59. The van der Waals surface area contributed by atoms with Gasteiger partial charge in [0.15, 0.2) is 0 Å². The molecule has 1 aromatic carbocycles. The van der Waals surface area contributed by atoms with E-state index in [1.54, 1.807) is 12.4 Å². The Morgan fingerprint density at radius 2 is 2.08 bits per heavy atom. The molecule has 1 saturated heterocycles. The monoisotopic (exact) mass is 344 g/mol. The number of carbonyl (C=O) groups excluding carboxylic acids is 1. The van der Waals surface area contributed by atoms with E-state index in [4.69, 9.17) is 11.6 Å². The molecule has 1 fully saturated rings. The number of nitrogens with one attached hydrogen (secondary N) is 1. The van der Waals surface area contributed by atoms with Crippen LogP contribution in [0.5, 0.6) is 0 Å². The van der Waals surface area contributed by atoms with Crippen molar-refractivity contribution >= 4 is 23.3 Å². The number of piperidine rings is 1. The summed E-state index contributed by atoms with van der Waals surface area (Å²) in [6.07, 6.45) is 5.40. The van der Waals surface area contributed by atoms with E-state index in [0.717, 1.165) is 25.1 Å². The first kappa shape index (κ1) is 16.7. The number of amides is 1. The molecule has 0 saturated carbocycles. The average Bonchev–Trinajstić information content (AvgIpc) is 2.61. The third-order valence-electron chi connectivity index (χ3n) is 4.20. The summed E-state index contributed by atoms with van der Waals surface area (Å²) in [7, 11) is 0. The van der Waals surface area contributed by atoms with E-state index in [0.29, 0.717) is 29.0 Å². The maximum atomic E-state index is 12.5. The largest absolute Gasteiger partial charge is 0.365 e. The van der Waals surface area contributed by atoms with Crippen LogP contribution in [0.15, 0.2) is 36.7 Å². The van der Waals surface area contributed by atoms with Crippen LogP contribution in [-0.2, 0) is 6.54 Å². The van der Waals surface area contributed by atoms with Gasteiger partial charge in [0.1, 0.15) is 11.5 Å². The summed E-state index contributed by atoms with van der Waals surface area (Å²) >= 11 is 5.87. The molecule has 1 N–H and O–H groups in total. The minimum atomic E-state index is -0.0294. The zero-order valence-corrected chi connectivity index (χ0v) is 14.5. The van der Waals surface area contributed by atoms with Crippen molar-refractivity contribution in [2.75, 3.05) is 18.4 Å². The lowest BCUT2D eigenvalue weighted by Crippen LogP contribution is -2.39. The van der Waals surface area contributed by atoms with E-state index < -0.39 is 0 Å². The number of hydrogen-bond donors (Lipinski definition) is 1. The molecule has 2 aromatic rings. The lowest BCUT2D eigenvalue weighted by Gasteiger charge is -2.30. The fourth-order valence-electron chi connectivity index (χ4n) is 2.86. The van der Waals surface area contributed by atoms with Crippen molar-refractivity contribution in [1.82, 2.24) is 14.9 Å². The molecule has 1 atom stereocenters. The van der Waals surface area contributed by atoms with Gasteiger partial charge >= 0.3 is 0 Å². The first-order valence-electron chi connectivity index (χ1n) is 8.21. The van der Waals surface area contributed by atoms with Crippen molar-refractivity contribution in [3.8, 4) is 0 Å². The second kappa shape index (κ2) is 7.62. The number of nitrogens with zero attached hydrogens (tertiary/aromatic N) is 3. The SMILES string of the molecule is CC1CCCN(C(=O)c2cnc(NCc3ccc(Cl)cc3)cn2)C1. The highest BCUT2D eigenvalue weighted by atomic mass is 35.5. The molecule has 0 radical (unpaired) electrons. The van der Waals surface area contributed by atoms with Gasteiger partial charge in [-0.2, -0.15) is 0 Å². The molecule has 24 heavy (non-hydrogen) atoms. The van der Waals surface area contributed by atoms with E-state index in [1.807, 2.05) is 29.2 Å². The van der Waals surface area contributed by atoms with Crippen LogP contribution in [-0.4, -0.2) is 33.9 Å². The fourth-order valence-corrected chi connectivity index (χ4v) is 2.99. The molecular formula is C18H21ClN4O. The van der Waals surface area contributed by atoms with E-state index in [9.17, 15) is 4.79 Å². The zero-order valence-electron chi connectivity index (χ0n) is 13.7. The Labute approximate surface area is 147 Å². The maximum Gasteiger partial charge on any atom is 0.274 e.